The van der Waals surface area contributed by atoms with E-state index in [0.717, 1.165) is 13.1 Å². The predicted octanol–water partition coefficient (Wildman–Crippen LogP) is 2.37. The molecule has 0 spiro atoms. The number of aryl methyl sites for hydroxylation is 2. The molecule has 2 rings (SSSR count). The third-order valence-electron chi connectivity index (χ3n) is 3.51. The minimum absolute atomic E-state index is 0.0190. The SMILES string of the molecule is Cc1ccc(N2CCOC(CCC(=O)O)C2)c(C)c1. The number of rotatable bonds is 4. The molecule has 4 nitrogen and oxygen atoms in total. The van der Waals surface area contributed by atoms with E-state index in [1.807, 2.05) is 0 Å². The Hall–Kier alpha value is -1.55. The lowest BCUT2D eigenvalue weighted by molar-refractivity contribution is -0.137. The van der Waals surface area contributed by atoms with Crippen molar-refractivity contribution in [2.24, 2.45) is 0 Å². The van der Waals surface area contributed by atoms with E-state index in [2.05, 4.69) is 36.9 Å². The minimum atomic E-state index is -0.757. The van der Waals surface area contributed by atoms with Crippen LogP contribution < -0.4 is 4.90 Å². The molecule has 0 saturated carbocycles. The van der Waals surface area contributed by atoms with Crippen LogP contribution in [-0.2, 0) is 9.53 Å². The fourth-order valence-corrected chi connectivity index (χ4v) is 2.56. The highest BCUT2D eigenvalue weighted by Gasteiger charge is 2.22. The van der Waals surface area contributed by atoms with Crippen LogP contribution in [0.25, 0.3) is 0 Å². The van der Waals surface area contributed by atoms with E-state index in [1.54, 1.807) is 0 Å². The van der Waals surface area contributed by atoms with Gasteiger partial charge in [-0.2, -0.15) is 0 Å². The van der Waals surface area contributed by atoms with Gasteiger partial charge in [0, 0.05) is 25.2 Å². The average Bonchev–Trinajstić information content (AvgIpc) is 2.36. The second-order valence-corrected chi connectivity index (χ2v) is 5.16. The number of hydrogen-bond acceptors (Lipinski definition) is 3. The molecule has 0 aromatic heterocycles. The summed E-state index contributed by atoms with van der Waals surface area (Å²) in [6.45, 7) is 6.51. The lowest BCUT2D eigenvalue weighted by Gasteiger charge is -2.35. The lowest BCUT2D eigenvalue weighted by atomic mass is 10.1. The van der Waals surface area contributed by atoms with Crippen molar-refractivity contribution in [2.45, 2.75) is 32.8 Å². The average molecular weight is 263 g/mol. The van der Waals surface area contributed by atoms with Crippen LogP contribution in [0.4, 0.5) is 5.69 Å². The van der Waals surface area contributed by atoms with Gasteiger partial charge in [-0.3, -0.25) is 4.79 Å². The van der Waals surface area contributed by atoms with Crippen molar-refractivity contribution in [1.82, 2.24) is 0 Å². The Morgan fingerprint density at radius 1 is 1.47 bits per heavy atom. The van der Waals surface area contributed by atoms with Gasteiger partial charge < -0.3 is 14.7 Å². The number of benzene rings is 1. The largest absolute Gasteiger partial charge is 0.481 e. The van der Waals surface area contributed by atoms with Crippen LogP contribution in [-0.4, -0.2) is 36.9 Å². The first kappa shape index (κ1) is 13.9. The zero-order chi connectivity index (χ0) is 13.8. The van der Waals surface area contributed by atoms with Crippen LogP contribution in [0.15, 0.2) is 18.2 Å². The first-order valence-corrected chi connectivity index (χ1v) is 6.72. The molecule has 1 aliphatic heterocycles. The maximum Gasteiger partial charge on any atom is 0.303 e. The van der Waals surface area contributed by atoms with Crippen LogP contribution in [0.5, 0.6) is 0 Å². The summed E-state index contributed by atoms with van der Waals surface area (Å²) in [5.74, 6) is -0.757. The van der Waals surface area contributed by atoms with Crippen LogP contribution >= 0.6 is 0 Å². The fraction of sp³-hybridized carbons (Fsp3) is 0.533. The second-order valence-electron chi connectivity index (χ2n) is 5.16. The topological polar surface area (TPSA) is 49.8 Å². The summed E-state index contributed by atoms with van der Waals surface area (Å²) in [5.41, 5.74) is 3.75. The van der Waals surface area contributed by atoms with Crippen molar-refractivity contribution < 1.29 is 14.6 Å². The molecule has 0 bridgehead atoms. The fourth-order valence-electron chi connectivity index (χ4n) is 2.56. The number of carbonyl (C=O) groups is 1. The summed E-state index contributed by atoms with van der Waals surface area (Å²) < 4.78 is 5.64. The van der Waals surface area contributed by atoms with Gasteiger partial charge in [0.2, 0.25) is 0 Å². The second kappa shape index (κ2) is 6.06. The van der Waals surface area contributed by atoms with Crippen molar-refractivity contribution in [1.29, 1.82) is 0 Å². The molecule has 1 atom stereocenters. The summed E-state index contributed by atoms with van der Waals surface area (Å²) in [5, 5.41) is 8.73. The molecular weight excluding hydrogens is 242 g/mol. The normalized spacial score (nSPS) is 19.5. The van der Waals surface area contributed by atoms with E-state index in [1.165, 1.54) is 16.8 Å². The van der Waals surface area contributed by atoms with Gasteiger partial charge in [-0.25, -0.2) is 0 Å². The van der Waals surface area contributed by atoms with Gasteiger partial charge in [0.05, 0.1) is 12.7 Å². The summed E-state index contributed by atoms with van der Waals surface area (Å²) in [7, 11) is 0. The van der Waals surface area contributed by atoms with Gasteiger partial charge in [0.1, 0.15) is 0 Å². The van der Waals surface area contributed by atoms with Gasteiger partial charge in [-0.1, -0.05) is 17.7 Å². The number of carboxylic acids is 1. The van der Waals surface area contributed by atoms with Gasteiger partial charge >= 0.3 is 5.97 Å². The molecule has 1 aromatic rings. The Balaban J connectivity index is 2.02. The maximum absolute atomic E-state index is 10.6. The molecule has 1 saturated heterocycles. The van der Waals surface area contributed by atoms with Crippen LogP contribution in [0.3, 0.4) is 0 Å². The summed E-state index contributed by atoms with van der Waals surface area (Å²) in [6.07, 6.45) is 0.771. The third-order valence-corrected chi connectivity index (χ3v) is 3.51. The first-order chi connectivity index (χ1) is 9.06. The van der Waals surface area contributed by atoms with Crippen molar-refractivity contribution in [3.63, 3.8) is 0 Å². The van der Waals surface area contributed by atoms with Crippen molar-refractivity contribution >= 4 is 11.7 Å². The highest BCUT2D eigenvalue weighted by molar-refractivity contribution is 5.66. The van der Waals surface area contributed by atoms with E-state index >= 15 is 0 Å². The molecule has 1 aromatic carbocycles. The number of carboxylic acid groups (broad SMARTS) is 1. The van der Waals surface area contributed by atoms with E-state index < -0.39 is 5.97 Å². The van der Waals surface area contributed by atoms with Crippen molar-refractivity contribution in [2.75, 3.05) is 24.6 Å². The monoisotopic (exact) mass is 263 g/mol. The smallest absolute Gasteiger partial charge is 0.303 e. The number of nitrogens with zero attached hydrogens (tertiary/aromatic N) is 1. The maximum atomic E-state index is 10.6. The summed E-state index contributed by atoms with van der Waals surface area (Å²) >= 11 is 0. The highest BCUT2D eigenvalue weighted by atomic mass is 16.5. The van der Waals surface area contributed by atoms with Crippen molar-refractivity contribution in [3.8, 4) is 0 Å². The minimum Gasteiger partial charge on any atom is -0.481 e. The molecular formula is C15H21NO3. The van der Waals surface area contributed by atoms with Crippen LogP contribution in [0.2, 0.25) is 0 Å². The lowest BCUT2D eigenvalue weighted by Crippen LogP contribution is -2.43. The number of morpholine rings is 1. The van der Waals surface area contributed by atoms with Crippen molar-refractivity contribution in [3.05, 3.63) is 29.3 Å². The molecule has 1 N–H and O–H groups in total. The predicted molar refractivity (Wildman–Crippen MR) is 74.7 cm³/mol. The summed E-state index contributed by atoms with van der Waals surface area (Å²) in [4.78, 5) is 12.9. The zero-order valence-electron chi connectivity index (χ0n) is 11.6. The molecule has 0 aliphatic carbocycles. The Labute approximate surface area is 114 Å². The van der Waals surface area contributed by atoms with Gasteiger partial charge in [-0.05, 0) is 31.9 Å². The molecule has 1 fully saturated rings. The van der Waals surface area contributed by atoms with Gasteiger partial charge in [-0.15, -0.1) is 0 Å². The molecule has 0 amide bonds. The Bertz CT molecular complexity index is 459. The molecule has 0 radical (unpaired) electrons. The van der Waals surface area contributed by atoms with E-state index in [4.69, 9.17) is 9.84 Å². The highest BCUT2D eigenvalue weighted by Crippen LogP contribution is 2.24. The molecule has 19 heavy (non-hydrogen) atoms. The molecule has 4 heteroatoms. The first-order valence-electron chi connectivity index (χ1n) is 6.72. The van der Waals surface area contributed by atoms with E-state index in [0.29, 0.717) is 13.0 Å². The quantitative estimate of drug-likeness (QED) is 0.906. The Morgan fingerprint density at radius 2 is 2.26 bits per heavy atom. The van der Waals surface area contributed by atoms with Gasteiger partial charge in [0.15, 0.2) is 0 Å². The number of hydrogen-bond donors (Lipinski definition) is 1. The molecule has 104 valence electrons. The standard InChI is InChI=1S/C15H21NO3/c1-11-3-5-14(12(2)9-11)16-7-8-19-13(10-16)4-6-15(17)18/h3,5,9,13H,4,6-8,10H2,1-2H3,(H,17,18). The molecule has 1 unspecified atom stereocenters. The molecule has 1 heterocycles. The van der Waals surface area contributed by atoms with Gasteiger partial charge in [0.25, 0.3) is 0 Å². The Kier molecular flexibility index (Phi) is 4.43. The Morgan fingerprint density at radius 3 is 2.95 bits per heavy atom. The van der Waals surface area contributed by atoms with Crippen LogP contribution in [0, 0.1) is 13.8 Å². The third kappa shape index (κ3) is 3.70. The van der Waals surface area contributed by atoms with E-state index in [-0.39, 0.29) is 12.5 Å². The number of ether oxygens (including phenoxy) is 1. The number of aliphatic carboxylic acids is 1. The summed E-state index contributed by atoms with van der Waals surface area (Å²) in [6, 6.07) is 6.44. The zero-order valence-corrected chi connectivity index (χ0v) is 11.6. The van der Waals surface area contributed by atoms with Crippen LogP contribution in [0.1, 0.15) is 24.0 Å². The van der Waals surface area contributed by atoms with E-state index in [9.17, 15) is 4.79 Å². The number of anilines is 1. The molecule has 1 aliphatic rings.